The summed E-state index contributed by atoms with van der Waals surface area (Å²) in [4.78, 5) is 7.68. The second-order valence-electron chi connectivity index (χ2n) is 3.49. The summed E-state index contributed by atoms with van der Waals surface area (Å²) < 4.78 is 0. The zero-order valence-corrected chi connectivity index (χ0v) is 11.3. The molecule has 1 rings (SSSR count). The van der Waals surface area contributed by atoms with Crippen molar-refractivity contribution in [3.63, 3.8) is 0 Å². The molecule has 1 atom stereocenters. The number of nitriles is 1. The van der Waals surface area contributed by atoms with Crippen LogP contribution in [0.1, 0.15) is 11.5 Å². The smallest absolute Gasteiger partial charge is 0.165 e. The van der Waals surface area contributed by atoms with E-state index >= 15 is 0 Å². The second kappa shape index (κ2) is 6.12. The molecule has 1 aromatic rings. The van der Waals surface area contributed by atoms with E-state index < -0.39 is 5.92 Å². The van der Waals surface area contributed by atoms with Gasteiger partial charge in [-0.15, -0.1) is 0 Å². The number of hydrogen-bond donors (Lipinski definition) is 3. The van der Waals surface area contributed by atoms with Gasteiger partial charge in [-0.25, -0.2) is 4.98 Å². The topological polar surface area (TPSA) is 119 Å². The molecule has 1 unspecified atom stereocenters. The maximum absolute atomic E-state index is 9.54. The van der Waals surface area contributed by atoms with Gasteiger partial charge in [-0.3, -0.25) is 4.99 Å². The summed E-state index contributed by atoms with van der Waals surface area (Å²) in [5.41, 5.74) is 6.37. The Bertz CT molecular complexity index is 535. The fourth-order valence-corrected chi connectivity index (χ4v) is 1.81. The van der Waals surface area contributed by atoms with Gasteiger partial charge in [0, 0.05) is 24.3 Å². The lowest BCUT2D eigenvalue weighted by Crippen LogP contribution is -2.22. The van der Waals surface area contributed by atoms with Gasteiger partial charge < -0.3 is 16.2 Å². The van der Waals surface area contributed by atoms with Crippen LogP contribution in [0, 0.1) is 16.7 Å². The van der Waals surface area contributed by atoms with Crippen LogP contribution in [0.5, 0.6) is 5.75 Å². The van der Waals surface area contributed by atoms with E-state index in [4.69, 9.17) is 16.4 Å². The summed E-state index contributed by atoms with van der Waals surface area (Å²) in [5, 5.41) is 26.7. The molecule has 7 heteroatoms. The molecule has 0 aliphatic carbocycles. The quantitative estimate of drug-likeness (QED) is 0.576. The van der Waals surface area contributed by atoms with Crippen LogP contribution in [0.25, 0.3) is 0 Å². The number of nitrogens with zero attached hydrogens (tertiary/aromatic N) is 3. The molecule has 0 aromatic carbocycles. The number of hydrogen-bond acceptors (Lipinski definition) is 6. The summed E-state index contributed by atoms with van der Waals surface area (Å²) in [7, 11) is 1.48. The summed E-state index contributed by atoms with van der Waals surface area (Å²) in [5.74, 6) is -0.790. The zero-order valence-electron chi connectivity index (χ0n) is 9.68. The molecule has 94 valence electrons. The van der Waals surface area contributed by atoms with Crippen LogP contribution in [0.3, 0.4) is 0 Å². The van der Waals surface area contributed by atoms with E-state index in [0.29, 0.717) is 10.9 Å². The van der Waals surface area contributed by atoms with Gasteiger partial charge in [0.15, 0.2) is 11.6 Å². The predicted octanol–water partition coefficient (Wildman–Crippen LogP) is 1.46. The van der Waals surface area contributed by atoms with Gasteiger partial charge in [-0.05, 0) is 11.6 Å². The van der Waals surface area contributed by atoms with E-state index in [1.165, 1.54) is 19.3 Å². The average Bonchev–Trinajstić information content (AvgIpc) is 2.38. The van der Waals surface area contributed by atoms with Crippen molar-refractivity contribution in [3.8, 4) is 11.8 Å². The molecule has 0 fully saturated rings. The number of rotatable bonds is 4. The van der Waals surface area contributed by atoms with Crippen molar-refractivity contribution in [2.24, 2.45) is 4.99 Å². The highest BCUT2D eigenvalue weighted by Gasteiger charge is 2.23. The van der Waals surface area contributed by atoms with Crippen molar-refractivity contribution >= 4 is 33.2 Å². The summed E-state index contributed by atoms with van der Waals surface area (Å²) in [6.07, 6.45) is 1.43. The van der Waals surface area contributed by atoms with Crippen LogP contribution < -0.4 is 5.73 Å². The fraction of sp³-hybridized carbons (Fsp3) is 0.273. The Hall–Kier alpha value is -1.94. The normalized spacial score (nSPS) is 12.8. The molecule has 0 amide bonds. The highest BCUT2D eigenvalue weighted by atomic mass is 79.9. The first-order valence-electron chi connectivity index (χ1n) is 4.99. The Morgan fingerprint density at radius 3 is 2.89 bits per heavy atom. The van der Waals surface area contributed by atoms with Crippen LogP contribution in [0.15, 0.2) is 17.3 Å². The number of anilines is 1. The second-order valence-corrected chi connectivity index (χ2v) is 4.05. The van der Waals surface area contributed by atoms with Crippen molar-refractivity contribution in [3.05, 3.63) is 17.8 Å². The molecule has 0 aliphatic rings. The summed E-state index contributed by atoms with van der Waals surface area (Å²) in [6.45, 7) is 0. The third-order valence-electron chi connectivity index (χ3n) is 2.37. The Balaban J connectivity index is 3.31. The van der Waals surface area contributed by atoms with E-state index in [0.717, 1.165) is 0 Å². The Kier molecular flexibility index (Phi) is 4.80. The van der Waals surface area contributed by atoms with Crippen LogP contribution in [-0.4, -0.2) is 33.9 Å². The third-order valence-corrected chi connectivity index (χ3v) is 2.98. The maximum atomic E-state index is 9.54. The Morgan fingerprint density at radius 2 is 2.44 bits per heavy atom. The molecule has 0 bridgehead atoms. The van der Waals surface area contributed by atoms with Gasteiger partial charge in [0.05, 0.1) is 5.92 Å². The molecular formula is C11H12BrN5O. The van der Waals surface area contributed by atoms with Crippen molar-refractivity contribution in [1.82, 2.24) is 4.98 Å². The van der Waals surface area contributed by atoms with Crippen molar-refractivity contribution in [1.29, 1.82) is 10.7 Å². The molecule has 18 heavy (non-hydrogen) atoms. The predicted molar refractivity (Wildman–Crippen MR) is 73.5 cm³/mol. The van der Waals surface area contributed by atoms with Crippen LogP contribution in [0.2, 0.25) is 0 Å². The number of aliphatic imine (C=N–C) groups is 1. The van der Waals surface area contributed by atoms with Crippen LogP contribution in [0.4, 0.5) is 5.82 Å². The lowest BCUT2D eigenvalue weighted by atomic mass is 9.91. The molecular weight excluding hydrogens is 298 g/mol. The number of aromatic hydroxyl groups is 1. The number of nitrogens with one attached hydrogen (secondary N) is 1. The van der Waals surface area contributed by atoms with Gasteiger partial charge in [0.1, 0.15) is 11.8 Å². The molecule has 4 N–H and O–H groups in total. The molecule has 0 saturated carbocycles. The standard InChI is InChI=1S/C11H12BrN5O/c1-16-8(4-13)10(7(14)3-12)6-2-9(18)11(15)17-5-6/h2,5,10,14,18H,3H2,1H3,(H2,15,17). The first-order chi connectivity index (χ1) is 8.54. The van der Waals surface area contributed by atoms with Crippen LogP contribution >= 0.6 is 15.9 Å². The van der Waals surface area contributed by atoms with Crippen LogP contribution in [-0.2, 0) is 0 Å². The SMILES string of the molecule is CN=C(C#N)C(C(=N)CBr)c1cnc(N)c(O)c1. The van der Waals surface area contributed by atoms with E-state index in [-0.39, 0.29) is 23.0 Å². The molecule has 0 spiro atoms. The average molecular weight is 310 g/mol. The first-order valence-corrected chi connectivity index (χ1v) is 6.11. The van der Waals surface area contributed by atoms with E-state index in [1.54, 1.807) is 0 Å². The van der Waals surface area contributed by atoms with E-state index in [1.807, 2.05) is 6.07 Å². The van der Waals surface area contributed by atoms with Crippen molar-refractivity contribution in [2.75, 3.05) is 18.1 Å². The number of halogens is 1. The Morgan fingerprint density at radius 1 is 1.78 bits per heavy atom. The number of nitrogens with two attached hydrogens (primary N) is 1. The minimum Gasteiger partial charge on any atom is -0.504 e. The third kappa shape index (κ3) is 2.84. The zero-order chi connectivity index (χ0) is 13.7. The van der Waals surface area contributed by atoms with Gasteiger partial charge in [0.25, 0.3) is 0 Å². The number of nitrogen functional groups attached to an aromatic ring is 1. The van der Waals surface area contributed by atoms with Gasteiger partial charge in [-0.1, -0.05) is 15.9 Å². The summed E-state index contributed by atoms with van der Waals surface area (Å²) >= 11 is 3.18. The molecule has 0 aliphatic heterocycles. The van der Waals surface area contributed by atoms with Gasteiger partial charge in [-0.2, -0.15) is 5.26 Å². The monoisotopic (exact) mass is 309 g/mol. The van der Waals surface area contributed by atoms with E-state index in [2.05, 4.69) is 25.9 Å². The first kappa shape index (κ1) is 14.1. The number of aromatic nitrogens is 1. The van der Waals surface area contributed by atoms with E-state index in [9.17, 15) is 5.11 Å². The lowest BCUT2D eigenvalue weighted by Gasteiger charge is -2.15. The highest BCUT2D eigenvalue weighted by molar-refractivity contribution is 9.09. The molecule has 0 saturated heterocycles. The Labute approximate surface area is 113 Å². The highest BCUT2D eigenvalue weighted by Crippen LogP contribution is 2.25. The number of pyridine rings is 1. The minimum atomic E-state index is -0.627. The van der Waals surface area contributed by atoms with Crippen molar-refractivity contribution < 1.29 is 5.11 Å². The number of alkyl halides is 1. The molecule has 0 radical (unpaired) electrons. The van der Waals surface area contributed by atoms with Crippen molar-refractivity contribution in [2.45, 2.75) is 5.92 Å². The largest absolute Gasteiger partial charge is 0.504 e. The molecule has 6 nitrogen and oxygen atoms in total. The maximum Gasteiger partial charge on any atom is 0.165 e. The van der Waals surface area contributed by atoms with Gasteiger partial charge in [0.2, 0.25) is 0 Å². The molecule has 1 heterocycles. The summed E-state index contributed by atoms with van der Waals surface area (Å²) in [6, 6.07) is 3.34. The fourth-order valence-electron chi connectivity index (χ4n) is 1.48. The minimum absolute atomic E-state index is 0.00909. The molecule has 1 aromatic heterocycles. The van der Waals surface area contributed by atoms with Gasteiger partial charge >= 0.3 is 0 Å². The lowest BCUT2D eigenvalue weighted by molar-refractivity contribution is 0.475.